The van der Waals surface area contributed by atoms with Crippen molar-refractivity contribution < 1.29 is 42.4 Å². The molecule has 4 amide bonds. The van der Waals surface area contributed by atoms with Gasteiger partial charge in [0.15, 0.2) is 0 Å². The van der Waals surface area contributed by atoms with Crippen molar-refractivity contribution in [1.29, 1.82) is 0 Å². The Morgan fingerprint density at radius 1 is 0.869 bits per heavy atom. The van der Waals surface area contributed by atoms with E-state index in [1.54, 1.807) is 18.2 Å². The molecule has 16 nitrogen and oxygen atoms in total. The van der Waals surface area contributed by atoms with Gasteiger partial charge in [0.2, 0.25) is 11.8 Å². The molecule has 0 radical (unpaired) electrons. The minimum Gasteiger partial charge on any atom is -0.488 e. The van der Waals surface area contributed by atoms with Gasteiger partial charge in [0, 0.05) is 41.3 Å². The van der Waals surface area contributed by atoms with Gasteiger partial charge in [-0.05, 0) is 77.4 Å². The molecule has 8 rings (SSSR count). The highest BCUT2D eigenvalue weighted by atomic mass is 16.5. The molecule has 0 spiro atoms. The van der Waals surface area contributed by atoms with E-state index in [0.29, 0.717) is 44.4 Å². The summed E-state index contributed by atoms with van der Waals surface area (Å²) in [7, 11) is 4.23. The Morgan fingerprint density at radius 2 is 1.59 bits per heavy atom. The third kappa shape index (κ3) is 7.96. The number of carbonyl (C=O) groups excluding carboxylic acids is 4. The van der Waals surface area contributed by atoms with Gasteiger partial charge < -0.3 is 49.3 Å². The Morgan fingerprint density at radius 3 is 2.28 bits per heavy atom. The zero-order valence-electron chi connectivity index (χ0n) is 35.7. The number of amides is 4. The minimum absolute atomic E-state index is 0. The number of alkyl carbamates (subject to hydrolysis) is 2. The number of H-pyrrole nitrogens is 2. The number of nitrogens with zero attached hydrogens (tertiary/aromatic N) is 4. The van der Waals surface area contributed by atoms with Crippen LogP contribution in [0.5, 0.6) is 5.75 Å². The van der Waals surface area contributed by atoms with Crippen LogP contribution in [0.25, 0.3) is 44.2 Å². The Balaban J connectivity index is 0.00000257. The zero-order valence-corrected chi connectivity index (χ0v) is 35.7. The molecule has 2 fully saturated rings. The average Bonchev–Trinajstić information content (AvgIpc) is 4.09. The van der Waals surface area contributed by atoms with E-state index >= 15 is 0 Å². The summed E-state index contributed by atoms with van der Waals surface area (Å²) in [5.74, 6) is 1.61. The van der Waals surface area contributed by atoms with Gasteiger partial charge in [-0.2, -0.15) is 0 Å². The van der Waals surface area contributed by atoms with E-state index in [9.17, 15) is 19.2 Å². The molecule has 3 aliphatic rings. The Kier molecular flexibility index (Phi) is 11.6. The summed E-state index contributed by atoms with van der Waals surface area (Å²) in [6.07, 6.45) is 2.77. The van der Waals surface area contributed by atoms with Crippen molar-refractivity contribution in [3.63, 3.8) is 0 Å². The number of hydrogen-bond donors (Lipinski definition) is 4. The number of aromatic amines is 2. The van der Waals surface area contributed by atoms with Crippen molar-refractivity contribution in [2.24, 2.45) is 17.8 Å². The number of likely N-dealkylation sites (tertiary alicyclic amines) is 2. The number of fused-ring (bicyclic) bond motifs is 6. The molecule has 0 saturated carbocycles. The summed E-state index contributed by atoms with van der Waals surface area (Å²) < 4.78 is 21.5. The van der Waals surface area contributed by atoms with Gasteiger partial charge >= 0.3 is 12.2 Å². The topological polar surface area (TPSA) is 193 Å². The number of benzene rings is 3. The lowest BCUT2D eigenvalue weighted by atomic mass is 9.92. The SMILES string of the molecule is COC[C@H]1C[C@@H](c2nc3c(ccc4cc5c(cc43)OCc3cc(-c4cnc([C@@H]6CCCN6C(=O)[C@@H](NC(=O)OC)C(C)C)[nH]4)ccc3-5)[nH]2)N(C(=O)[C@@H](NC(=O)OC)C(C)C)C1.[HH].[HH].[HH]. The molecule has 2 aromatic heterocycles. The quantitative estimate of drug-likeness (QED) is 0.104. The van der Waals surface area contributed by atoms with Gasteiger partial charge in [0.05, 0.1) is 55.8 Å². The molecule has 5 aromatic rings. The van der Waals surface area contributed by atoms with Crippen LogP contribution in [0, 0.1) is 17.8 Å². The molecule has 0 bridgehead atoms. The van der Waals surface area contributed by atoms with Crippen LogP contribution in [0.2, 0.25) is 0 Å². The van der Waals surface area contributed by atoms with E-state index in [-0.39, 0.29) is 45.9 Å². The highest BCUT2D eigenvalue weighted by molar-refractivity contribution is 6.07. The van der Waals surface area contributed by atoms with Crippen LogP contribution in [0.15, 0.2) is 48.7 Å². The smallest absolute Gasteiger partial charge is 0.407 e. The van der Waals surface area contributed by atoms with Crippen LogP contribution >= 0.6 is 0 Å². The third-order valence-corrected chi connectivity index (χ3v) is 12.3. The van der Waals surface area contributed by atoms with E-state index < -0.39 is 24.3 Å². The molecule has 2 saturated heterocycles. The van der Waals surface area contributed by atoms with E-state index in [2.05, 4.69) is 57.0 Å². The van der Waals surface area contributed by atoms with E-state index in [1.807, 2.05) is 38.7 Å². The van der Waals surface area contributed by atoms with Crippen LogP contribution < -0.4 is 15.4 Å². The zero-order chi connectivity index (χ0) is 43.1. The number of imidazole rings is 2. The fraction of sp³-hybridized carbons (Fsp3) is 0.467. The van der Waals surface area contributed by atoms with Crippen molar-refractivity contribution in [2.45, 2.75) is 77.7 Å². The summed E-state index contributed by atoms with van der Waals surface area (Å²) >= 11 is 0. The second-order valence-corrected chi connectivity index (χ2v) is 17.0. The minimum atomic E-state index is -0.761. The molecule has 4 N–H and O–H groups in total. The van der Waals surface area contributed by atoms with Crippen molar-refractivity contribution in [3.8, 4) is 28.1 Å². The lowest BCUT2D eigenvalue weighted by Gasteiger charge is -2.30. The maximum atomic E-state index is 14.1. The Hall–Kier alpha value is -6.16. The largest absolute Gasteiger partial charge is 0.488 e. The molecule has 5 atom stereocenters. The Bertz CT molecular complexity index is 2490. The first-order valence-electron chi connectivity index (χ1n) is 21.0. The molecule has 5 heterocycles. The molecule has 328 valence electrons. The van der Waals surface area contributed by atoms with E-state index in [0.717, 1.165) is 68.3 Å². The summed E-state index contributed by atoms with van der Waals surface area (Å²) in [5.41, 5.74) is 6.51. The lowest BCUT2D eigenvalue weighted by molar-refractivity contribution is -0.136. The first-order valence-corrected chi connectivity index (χ1v) is 21.0. The number of rotatable bonds is 11. The van der Waals surface area contributed by atoms with Crippen molar-refractivity contribution in [2.75, 3.05) is 41.0 Å². The first kappa shape index (κ1) is 41.6. The maximum Gasteiger partial charge on any atom is 0.407 e. The number of nitrogens with one attached hydrogen (secondary N) is 4. The van der Waals surface area contributed by atoms with Gasteiger partial charge in [0.1, 0.15) is 36.1 Å². The number of ether oxygens (including phenoxy) is 4. The molecule has 3 aromatic carbocycles. The van der Waals surface area contributed by atoms with Gasteiger partial charge in [-0.25, -0.2) is 19.6 Å². The summed E-state index contributed by atoms with van der Waals surface area (Å²) in [6.45, 7) is 9.51. The standard InChI is InChI=1S/C45H54N8O8.3H2/c1-23(2)37(50-44(56)59-6)42(54)52-14-8-9-34(52)40-46-19-33(48-40)27-10-12-29-28(16-27)22-61-36-18-30-26(17-31(29)36)11-13-32-39(30)49-41(47-32)35-15-25(21-58-5)20-53(35)43(55)38(24(3)4)51-45(57)60-7;;;/h10-13,16-19,23-25,34-35,37-38H,8-9,14-15,20-22H2,1-7H3,(H,46,48)(H,47,49)(H,50,56)(H,51,57);3*1H/t25-,34-,35-,37-,38-;;;/m0.../s1. The molecule has 0 unspecified atom stereocenters. The molecule has 0 aliphatic carbocycles. The van der Waals surface area contributed by atoms with Crippen LogP contribution in [0.4, 0.5) is 9.59 Å². The van der Waals surface area contributed by atoms with Gasteiger partial charge in [-0.3, -0.25) is 9.59 Å². The fourth-order valence-electron chi connectivity index (χ4n) is 9.14. The second kappa shape index (κ2) is 17.1. The predicted molar refractivity (Wildman–Crippen MR) is 234 cm³/mol. The van der Waals surface area contributed by atoms with Crippen molar-refractivity contribution >= 4 is 45.8 Å². The molecular weight excluding hydrogens is 781 g/mol. The van der Waals surface area contributed by atoms with Crippen LogP contribution in [0.3, 0.4) is 0 Å². The van der Waals surface area contributed by atoms with Crippen molar-refractivity contribution in [3.05, 3.63) is 65.9 Å². The van der Waals surface area contributed by atoms with Gasteiger partial charge in [-0.15, -0.1) is 0 Å². The van der Waals surface area contributed by atoms with E-state index in [4.69, 9.17) is 28.9 Å². The van der Waals surface area contributed by atoms with E-state index in [1.165, 1.54) is 14.2 Å². The first-order chi connectivity index (χ1) is 29.4. The molecular formula is C45H60N8O8. The normalized spacial score (nSPS) is 19.5. The van der Waals surface area contributed by atoms with Crippen molar-refractivity contribution in [1.82, 2.24) is 40.4 Å². The average molecular weight is 841 g/mol. The fourth-order valence-corrected chi connectivity index (χ4v) is 9.14. The molecule has 61 heavy (non-hydrogen) atoms. The summed E-state index contributed by atoms with van der Waals surface area (Å²) in [4.78, 5) is 72.4. The number of hydrogen-bond acceptors (Lipinski definition) is 10. The maximum absolute atomic E-state index is 14.1. The number of methoxy groups -OCH3 is 3. The highest BCUT2D eigenvalue weighted by Gasteiger charge is 2.42. The highest BCUT2D eigenvalue weighted by Crippen LogP contribution is 2.44. The monoisotopic (exact) mass is 840 g/mol. The number of aromatic nitrogens is 4. The van der Waals surface area contributed by atoms with Crippen LogP contribution in [0.1, 0.15) is 80.5 Å². The van der Waals surface area contributed by atoms with Gasteiger partial charge in [-0.1, -0.05) is 45.9 Å². The third-order valence-electron chi connectivity index (χ3n) is 12.3. The molecule has 3 aliphatic heterocycles. The van der Waals surface area contributed by atoms with Crippen LogP contribution in [-0.4, -0.2) is 107 Å². The molecule has 16 heteroatoms. The van der Waals surface area contributed by atoms with Gasteiger partial charge in [0.25, 0.3) is 0 Å². The van der Waals surface area contributed by atoms with Crippen LogP contribution in [-0.2, 0) is 30.4 Å². The summed E-state index contributed by atoms with van der Waals surface area (Å²) in [5, 5.41) is 7.37. The number of carbonyl (C=O) groups is 4. The predicted octanol–water partition coefficient (Wildman–Crippen LogP) is 7.36. The lowest BCUT2D eigenvalue weighted by Crippen LogP contribution is -2.51. The second-order valence-electron chi connectivity index (χ2n) is 17.0. The summed E-state index contributed by atoms with van der Waals surface area (Å²) in [6, 6.07) is 12.5. The Labute approximate surface area is 358 Å².